The third-order valence-corrected chi connectivity index (χ3v) is 3.79. The predicted molar refractivity (Wildman–Crippen MR) is 86.6 cm³/mol. The lowest BCUT2D eigenvalue weighted by molar-refractivity contribution is 0.799. The number of fused-ring (bicyclic) bond motifs is 3. The highest BCUT2D eigenvalue weighted by molar-refractivity contribution is 6.31. The summed E-state index contributed by atoms with van der Waals surface area (Å²) in [6.45, 7) is 0.417. The Labute approximate surface area is 132 Å². The summed E-state index contributed by atoms with van der Waals surface area (Å²) < 4.78 is 1.74. The lowest BCUT2D eigenvalue weighted by atomic mass is 10.0. The summed E-state index contributed by atoms with van der Waals surface area (Å²) in [5.74, 6) is 0.960. The number of hydrogen-bond acceptors (Lipinski definition) is 4. The number of anilines is 1. The molecular formula is C16H12ClN5. The van der Waals surface area contributed by atoms with Crippen LogP contribution < -0.4 is 5.73 Å². The highest BCUT2D eigenvalue weighted by atomic mass is 35.5. The Morgan fingerprint density at radius 2 is 1.91 bits per heavy atom. The zero-order valence-electron chi connectivity index (χ0n) is 11.6. The van der Waals surface area contributed by atoms with Crippen molar-refractivity contribution in [2.45, 2.75) is 6.54 Å². The summed E-state index contributed by atoms with van der Waals surface area (Å²) in [6.07, 6.45) is 0. The van der Waals surface area contributed by atoms with Crippen molar-refractivity contribution in [1.29, 1.82) is 0 Å². The summed E-state index contributed by atoms with van der Waals surface area (Å²) in [5.41, 5.74) is 9.43. The first-order chi connectivity index (χ1) is 10.7. The van der Waals surface area contributed by atoms with Gasteiger partial charge >= 0.3 is 0 Å². The second kappa shape index (κ2) is 4.96. The molecular weight excluding hydrogens is 298 g/mol. The maximum absolute atomic E-state index is 6.19. The zero-order chi connectivity index (χ0) is 15.1. The average Bonchev–Trinajstić information content (AvgIpc) is 2.83. The molecule has 3 aromatic rings. The van der Waals surface area contributed by atoms with E-state index in [4.69, 9.17) is 22.3 Å². The molecule has 0 atom stereocenters. The molecule has 0 amide bonds. The summed E-state index contributed by atoms with van der Waals surface area (Å²) >= 11 is 6.19. The number of halogens is 1. The van der Waals surface area contributed by atoms with Crippen LogP contribution in [0.2, 0.25) is 5.02 Å². The van der Waals surface area contributed by atoms with Crippen LogP contribution in [-0.2, 0) is 6.54 Å². The lowest BCUT2D eigenvalue weighted by Crippen LogP contribution is -2.08. The van der Waals surface area contributed by atoms with Gasteiger partial charge in [-0.1, -0.05) is 41.9 Å². The maximum Gasteiger partial charge on any atom is 0.240 e. The van der Waals surface area contributed by atoms with Crippen LogP contribution >= 0.6 is 11.6 Å². The first kappa shape index (κ1) is 13.0. The molecule has 22 heavy (non-hydrogen) atoms. The van der Waals surface area contributed by atoms with E-state index in [0.29, 0.717) is 17.4 Å². The van der Waals surface area contributed by atoms with Crippen molar-refractivity contribution in [2.75, 3.05) is 5.73 Å². The van der Waals surface area contributed by atoms with E-state index in [2.05, 4.69) is 10.1 Å². The van der Waals surface area contributed by atoms with Crippen molar-refractivity contribution in [1.82, 2.24) is 14.8 Å². The minimum Gasteiger partial charge on any atom is -0.366 e. The van der Waals surface area contributed by atoms with Gasteiger partial charge in [-0.15, -0.1) is 5.10 Å². The lowest BCUT2D eigenvalue weighted by Gasteiger charge is -2.11. The highest BCUT2D eigenvalue weighted by Crippen LogP contribution is 2.27. The normalized spacial score (nSPS) is 13.0. The van der Waals surface area contributed by atoms with Gasteiger partial charge in [-0.05, 0) is 18.2 Å². The molecule has 0 saturated carbocycles. The number of hydrogen-bond donors (Lipinski definition) is 1. The van der Waals surface area contributed by atoms with Crippen LogP contribution in [0.1, 0.15) is 17.0 Å². The average molecular weight is 310 g/mol. The minimum absolute atomic E-state index is 0.245. The topological polar surface area (TPSA) is 69.1 Å². The molecule has 0 spiro atoms. The summed E-state index contributed by atoms with van der Waals surface area (Å²) in [4.78, 5) is 8.96. The molecule has 5 nitrogen and oxygen atoms in total. The Morgan fingerprint density at radius 1 is 1.09 bits per heavy atom. The smallest absolute Gasteiger partial charge is 0.240 e. The molecule has 108 valence electrons. The second-order valence-corrected chi connectivity index (χ2v) is 5.43. The van der Waals surface area contributed by atoms with Gasteiger partial charge in [0.1, 0.15) is 0 Å². The molecule has 1 aromatic heterocycles. The standard InChI is InChI=1S/C16H12ClN5/c17-11-6-7-13-12(8-11)15(10-4-2-1-3-5-10)19-9-14-20-16(18)21-22(13)14/h1-8H,9H2,(H2,18,21). The number of nitrogens with two attached hydrogens (primary N) is 1. The molecule has 6 heteroatoms. The number of nitrogens with zero attached hydrogens (tertiary/aromatic N) is 4. The Balaban J connectivity index is 1.99. The molecule has 0 aliphatic carbocycles. The van der Waals surface area contributed by atoms with E-state index in [9.17, 15) is 0 Å². The fourth-order valence-electron chi connectivity index (χ4n) is 2.62. The molecule has 0 unspecified atom stereocenters. The third-order valence-electron chi connectivity index (χ3n) is 3.56. The molecule has 0 radical (unpaired) electrons. The number of rotatable bonds is 1. The predicted octanol–water partition coefficient (Wildman–Crippen LogP) is 2.85. The molecule has 1 aliphatic heterocycles. The van der Waals surface area contributed by atoms with Crippen molar-refractivity contribution in [3.05, 3.63) is 70.5 Å². The van der Waals surface area contributed by atoms with Gasteiger partial charge in [0.05, 0.1) is 17.9 Å². The molecule has 1 aliphatic rings. The molecule has 2 aromatic carbocycles. The van der Waals surface area contributed by atoms with Crippen molar-refractivity contribution in [2.24, 2.45) is 4.99 Å². The fraction of sp³-hybridized carbons (Fsp3) is 0.0625. The first-order valence-corrected chi connectivity index (χ1v) is 7.22. The third kappa shape index (κ3) is 2.07. The molecule has 2 N–H and O–H groups in total. The van der Waals surface area contributed by atoms with E-state index in [1.165, 1.54) is 0 Å². The SMILES string of the molecule is Nc1nc2n(n1)-c1ccc(Cl)cc1C(c1ccccc1)=NC2. The van der Waals surface area contributed by atoms with E-state index < -0.39 is 0 Å². The Bertz CT molecular complexity index is 883. The summed E-state index contributed by atoms with van der Waals surface area (Å²) in [6, 6.07) is 15.7. The van der Waals surface area contributed by atoms with Gasteiger partial charge in [0.15, 0.2) is 5.82 Å². The van der Waals surface area contributed by atoms with Gasteiger partial charge in [-0.25, -0.2) is 4.68 Å². The Kier molecular flexibility index (Phi) is 2.94. The van der Waals surface area contributed by atoms with Gasteiger partial charge in [-0.2, -0.15) is 4.98 Å². The largest absolute Gasteiger partial charge is 0.366 e. The highest BCUT2D eigenvalue weighted by Gasteiger charge is 2.21. The van der Waals surface area contributed by atoms with Crippen LogP contribution in [0, 0.1) is 0 Å². The maximum atomic E-state index is 6.19. The number of aliphatic imine (C=N–C) groups is 1. The molecule has 2 heterocycles. The van der Waals surface area contributed by atoms with Crippen molar-refractivity contribution in [3.8, 4) is 5.69 Å². The van der Waals surface area contributed by atoms with Gasteiger partial charge < -0.3 is 5.73 Å². The second-order valence-electron chi connectivity index (χ2n) is 4.99. The zero-order valence-corrected chi connectivity index (χ0v) is 12.3. The van der Waals surface area contributed by atoms with Crippen molar-refractivity contribution < 1.29 is 0 Å². The fourth-order valence-corrected chi connectivity index (χ4v) is 2.79. The first-order valence-electron chi connectivity index (χ1n) is 6.84. The van der Waals surface area contributed by atoms with Gasteiger partial charge in [0.25, 0.3) is 0 Å². The van der Waals surface area contributed by atoms with Crippen LogP contribution in [0.5, 0.6) is 0 Å². The van der Waals surface area contributed by atoms with E-state index in [-0.39, 0.29) is 5.95 Å². The van der Waals surface area contributed by atoms with Crippen LogP contribution in [-0.4, -0.2) is 20.5 Å². The Hall–Kier alpha value is -2.66. The Morgan fingerprint density at radius 3 is 2.73 bits per heavy atom. The molecule has 0 saturated heterocycles. The summed E-state index contributed by atoms with van der Waals surface area (Å²) in [7, 11) is 0. The summed E-state index contributed by atoms with van der Waals surface area (Å²) in [5, 5.41) is 4.93. The van der Waals surface area contributed by atoms with Crippen LogP contribution in [0.4, 0.5) is 5.95 Å². The van der Waals surface area contributed by atoms with Crippen LogP contribution in [0.15, 0.2) is 53.5 Å². The van der Waals surface area contributed by atoms with Crippen molar-refractivity contribution in [3.63, 3.8) is 0 Å². The quantitative estimate of drug-likeness (QED) is 0.751. The van der Waals surface area contributed by atoms with Crippen LogP contribution in [0.3, 0.4) is 0 Å². The number of benzene rings is 2. The van der Waals surface area contributed by atoms with E-state index >= 15 is 0 Å². The number of aromatic nitrogens is 3. The van der Waals surface area contributed by atoms with E-state index in [0.717, 1.165) is 22.5 Å². The molecule has 0 fully saturated rings. The van der Waals surface area contributed by atoms with Gasteiger partial charge in [-0.3, -0.25) is 4.99 Å². The van der Waals surface area contributed by atoms with Gasteiger partial charge in [0.2, 0.25) is 5.95 Å². The molecule has 4 rings (SSSR count). The van der Waals surface area contributed by atoms with Crippen LogP contribution in [0.25, 0.3) is 5.69 Å². The van der Waals surface area contributed by atoms with Gasteiger partial charge in [0, 0.05) is 16.1 Å². The van der Waals surface area contributed by atoms with E-state index in [1.807, 2.05) is 48.5 Å². The minimum atomic E-state index is 0.245. The van der Waals surface area contributed by atoms with Crippen molar-refractivity contribution >= 4 is 23.3 Å². The molecule has 0 bridgehead atoms. The number of nitrogen functional groups attached to an aromatic ring is 1. The monoisotopic (exact) mass is 309 g/mol. The van der Waals surface area contributed by atoms with E-state index in [1.54, 1.807) is 4.68 Å².